The van der Waals surface area contributed by atoms with Crippen LogP contribution in [0.3, 0.4) is 0 Å². The van der Waals surface area contributed by atoms with Gasteiger partial charge in [0.15, 0.2) is 0 Å². The molecule has 1 aromatic heterocycles. The molecule has 6 nitrogen and oxygen atoms in total. The Morgan fingerprint density at radius 3 is 2.91 bits per heavy atom. The van der Waals surface area contributed by atoms with Crippen molar-refractivity contribution in [2.45, 2.75) is 19.4 Å². The normalized spacial score (nSPS) is 24.6. The van der Waals surface area contributed by atoms with Crippen molar-refractivity contribution in [1.29, 1.82) is 0 Å². The molecule has 0 radical (unpaired) electrons. The number of likely N-dealkylation sites (tertiary alicyclic amines) is 1. The first-order valence-electron chi connectivity index (χ1n) is 8.16. The van der Waals surface area contributed by atoms with Crippen molar-refractivity contribution in [3.8, 4) is 17.1 Å². The van der Waals surface area contributed by atoms with Crippen molar-refractivity contribution in [2.24, 2.45) is 5.41 Å². The second-order valence-electron chi connectivity index (χ2n) is 6.63. The lowest BCUT2D eigenvalue weighted by atomic mass is 9.87. The van der Waals surface area contributed by atoms with Crippen molar-refractivity contribution in [2.75, 3.05) is 33.3 Å². The predicted octanol–water partition coefficient (Wildman–Crippen LogP) is 1.93. The highest BCUT2D eigenvalue weighted by Gasteiger charge is 2.40. The number of hydrogen-bond acceptors (Lipinski definition) is 6. The van der Waals surface area contributed by atoms with Crippen molar-refractivity contribution in [1.82, 2.24) is 20.4 Å². The molecule has 23 heavy (non-hydrogen) atoms. The quantitative estimate of drug-likeness (QED) is 0.930. The number of rotatable bonds is 4. The first kappa shape index (κ1) is 14.7. The highest BCUT2D eigenvalue weighted by molar-refractivity contribution is 5.55. The van der Waals surface area contributed by atoms with Crippen molar-refractivity contribution < 1.29 is 9.26 Å². The van der Waals surface area contributed by atoms with E-state index in [1.165, 1.54) is 12.8 Å². The SMILES string of the molecule is COc1ccc(-c2noc(CN3CCC4(CCNC4)C3)n2)cc1. The van der Waals surface area contributed by atoms with Gasteiger partial charge in [0.1, 0.15) is 5.75 Å². The molecule has 0 amide bonds. The van der Waals surface area contributed by atoms with Gasteiger partial charge in [-0.15, -0.1) is 0 Å². The third-order valence-corrected chi connectivity index (χ3v) is 5.02. The molecule has 1 N–H and O–H groups in total. The molecule has 1 aromatic carbocycles. The standard InChI is InChI=1S/C17H22N4O2/c1-22-14-4-2-13(3-5-14)16-19-15(23-20-16)10-21-9-7-17(12-21)6-8-18-11-17/h2-5,18H,6-12H2,1H3. The average Bonchev–Trinajstić information content (AvgIpc) is 3.31. The van der Waals surface area contributed by atoms with E-state index in [2.05, 4.69) is 20.4 Å². The zero-order valence-electron chi connectivity index (χ0n) is 13.4. The number of nitrogens with zero attached hydrogens (tertiary/aromatic N) is 3. The third kappa shape index (κ3) is 2.96. The fourth-order valence-corrected chi connectivity index (χ4v) is 3.67. The van der Waals surface area contributed by atoms with Crippen LogP contribution in [-0.2, 0) is 6.54 Å². The van der Waals surface area contributed by atoms with Gasteiger partial charge >= 0.3 is 0 Å². The summed E-state index contributed by atoms with van der Waals surface area (Å²) in [6, 6.07) is 7.70. The number of ether oxygens (including phenoxy) is 1. The molecule has 2 aliphatic heterocycles. The fraction of sp³-hybridized carbons (Fsp3) is 0.529. The van der Waals surface area contributed by atoms with Crippen molar-refractivity contribution in [3.63, 3.8) is 0 Å². The average molecular weight is 314 g/mol. The van der Waals surface area contributed by atoms with Crippen LogP contribution in [0, 0.1) is 5.41 Å². The Morgan fingerprint density at radius 2 is 2.17 bits per heavy atom. The van der Waals surface area contributed by atoms with E-state index in [1.54, 1.807) is 7.11 Å². The highest BCUT2D eigenvalue weighted by Crippen LogP contribution is 2.36. The van der Waals surface area contributed by atoms with Crippen LogP contribution in [0.5, 0.6) is 5.75 Å². The molecule has 6 heteroatoms. The Labute approximate surface area is 135 Å². The first-order valence-corrected chi connectivity index (χ1v) is 8.16. The number of aromatic nitrogens is 2. The van der Waals surface area contributed by atoms with Gasteiger partial charge in [-0.1, -0.05) is 5.16 Å². The summed E-state index contributed by atoms with van der Waals surface area (Å²) >= 11 is 0. The minimum Gasteiger partial charge on any atom is -0.497 e. The molecule has 2 aliphatic rings. The number of benzene rings is 1. The maximum Gasteiger partial charge on any atom is 0.241 e. The summed E-state index contributed by atoms with van der Waals surface area (Å²) in [6.07, 6.45) is 2.55. The molecule has 0 aliphatic carbocycles. The van der Waals surface area contributed by atoms with E-state index in [0.717, 1.165) is 44.0 Å². The van der Waals surface area contributed by atoms with E-state index in [4.69, 9.17) is 9.26 Å². The lowest BCUT2D eigenvalue weighted by Gasteiger charge is -2.21. The first-order chi connectivity index (χ1) is 11.3. The smallest absolute Gasteiger partial charge is 0.241 e. The molecule has 1 spiro atoms. The van der Waals surface area contributed by atoms with Gasteiger partial charge < -0.3 is 14.6 Å². The van der Waals surface area contributed by atoms with E-state index in [1.807, 2.05) is 24.3 Å². The van der Waals surface area contributed by atoms with Crippen molar-refractivity contribution in [3.05, 3.63) is 30.2 Å². The molecule has 122 valence electrons. The lowest BCUT2D eigenvalue weighted by Crippen LogP contribution is -2.29. The molecule has 3 heterocycles. The molecule has 2 saturated heterocycles. The van der Waals surface area contributed by atoms with Gasteiger partial charge in [-0.3, -0.25) is 4.90 Å². The zero-order valence-corrected chi connectivity index (χ0v) is 13.4. The summed E-state index contributed by atoms with van der Waals surface area (Å²) in [5.74, 6) is 2.16. The van der Waals surface area contributed by atoms with E-state index < -0.39 is 0 Å². The molecule has 2 aromatic rings. The third-order valence-electron chi connectivity index (χ3n) is 5.02. The van der Waals surface area contributed by atoms with Crippen LogP contribution in [0.15, 0.2) is 28.8 Å². The Bertz CT molecular complexity index is 661. The van der Waals surface area contributed by atoms with E-state index in [-0.39, 0.29) is 0 Å². The fourth-order valence-electron chi connectivity index (χ4n) is 3.67. The minimum absolute atomic E-state index is 0.471. The summed E-state index contributed by atoms with van der Waals surface area (Å²) in [7, 11) is 1.66. The summed E-state index contributed by atoms with van der Waals surface area (Å²) in [5, 5.41) is 7.59. The second-order valence-corrected chi connectivity index (χ2v) is 6.63. The molecular weight excluding hydrogens is 292 g/mol. The largest absolute Gasteiger partial charge is 0.497 e. The highest BCUT2D eigenvalue weighted by atomic mass is 16.5. The van der Waals surface area contributed by atoms with E-state index in [0.29, 0.717) is 17.1 Å². The van der Waals surface area contributed by atoms with Crippen LogP contribution in [0.25, 0.3) is 11.4 Å². The zero-order chi connectivity index (χ0) is 15.7. The van der Waals surface area contributed by atoms with Crippen molar-refractivity contribution >= 4 is 0 Å². The van der Waals surface area contributed by atoms with Crippen LogP contribution >= 0.6 is 0 Å². The summed E-state index contributed by atoms with van der Waals surface area (Å²) < 4.78 is 10.6. The van der Waals surface area contributed by atoms with Gasteiger partial charge in [0.2, 0.25) is 11.7 Å². The van der Waals surface area contributed by atoms with Crippen LogP contribution < -0.4 is 10.1 Å². The van der Waals surface area contributed by atoms with Gasteiger partial charge in [0.05, 0.1) is 13.7 Å². The Hall–Kier alpha value is -1.92. The molecule has 1 atom stereocenters. The summed E-state index contributed by atoms with van der Waals surface area (Å²) in [5.41, 5.74) is 1.41. The Kier molecular flexibility index (Phi) is 3.79. The molecule has 4 rings (SSSR count). The number of methoxy groups -OCH3 is 1. The van der Waals surface area contributed by atoms with Gasteiger partial charge in [-0.05, 0) is 55.6 Å². The number of hydrogen-bond donors (Lipinski definition) is 1. The van der Waals surface area contributed by atoms with E-state index >= 15 is 0 Å². The maximum absolute atomic E-state index is 5.44. The number of nitrogens with one attached hydrogen (secondary N) is 1. The van der Waals surface area contributed by atoms with Crippen LogP contribution in [0.2, 0.25) is 0 Å². The van der Waals surface area contributed by atoms with Crippen LogP contribution in [0.4, 0.5) is 0 Å². The topological polar surface area (TPSA) is 63.4 Å². The Morgan fingerprint density at radius 1 is 1.30 bits per heavy atom. The van der Waals surface area contributed by atoms with E-state index in [9.17, 15) is 0 Å². The van der Waals surface area contributed by atoms with Gasteiger partial charge in [0.25, 0.3) is 0 Å². The molecule has 0 bridgehead atoms. The van der Waals surface area contributed by atoms with Gasteiger partial charge in [-0.2, -0.15) is 4.98 Å². The predicted molar refractivity (Wildman–Crippen MR) is 86.1 cm³/mol. The second kappa shape index (κ2) is 5.94. The lowest BCUT2D eigenvalue weighted by molar-refractivity contribution is 0.236. The van der Waals surface area contributed by atoms with Gasteiger partial charge in [0, 0.05) is 18.7 Å². The van der Waals surface area contributed by atoms with Crippen LogP contribution in [0.1, 0.15) is 18.7 Å². The van der Waals surface area contributed by atoms with Gasteiger partial charge in [-0.25, -0.2) is 0 Å². The molecule has 1 unspecified atom stereocenters. The minimum atomic E-state index is 0.471. The Balaban J connectivity index is 1.42. The molecular formula is C17H22N4O2. The molecule has 2 fully saturated rings. The molecule has 0 saturated carbocycles. The maximum atomic E-state index is 5.44. The summed E-state index contributed by atoms with van der Waals surface area (Å²) in [6.45, 7) is 5.27. The monoisotopic (exact) mass is 314 g/mol. The van der Waals surface area contributed by atoms with Crippen LogP contribution in [-0.4, -0.2) is 48.3 Å². The summed E-state index contributed by atoms with van der Waals surface area (Å²) in [4.78, 5) is 6.97.